The first kappa shape index (κ1) is 12.1. The van der Waals surface area contributed by atoms with Crippen LogP contribution in [0, 0.1) is 0 Å². The van der Waals surface area contributed by atoms with Crippen LogP contribution in [0.15, 0.2) is 12.3 Å². The first-order valence-corrected chi connectivity index (χ1v) is 5.45. The lowest BCUT2D eigenvalue weighted by Crippen LogP contribution is -2.26. The average Bonchev–Trinajstić information content (AvgIpc) is 2.20. The van der Waals surface area contributed by atoms with Crippen LogP contribution in [0.4, 0.5) is 5.69 Å². The summed E-state index contributed by atoms with van der Waals surface area (Å²) in [4.78, 5) is 6.26. The largest absolute Gasteiger partial charge is 0.476 e. The highest BCUT2D eigenvalue weighted by molar-refractivity contribution is 6.30. The Labute approximate surface area is 96.0 Å². The number of hydrogen-bond acceptors (Lipinski definition) is 3. The Morgan fingerprint density at radius 1 is 1.53 bits per heavy atom. The molecule has 0 unspecified atom stereocenters. The summed E-state index contributed by atoms with van der Waals surface area (Å²) in [5.74, 6) is 0.637. The summed E-state index contributed by atoms with van der Waals surface area (Å²) < 4.78 is 5.45. The van der Waals surface area contributed by atoms with Crippen molar-refractivity contribution >= 4 is 17.3 Å². The van der Waals surface area contributed by atoms with E-state index in [4.69, 9.17) is 16.3 Å². The Morgan fingerprint density at radius 2 is 2.20 bits per heavy atom. The van der Waals surface area contributed by atoms with Gasteiger partial charge in [-0.05, 0) is 26.8 Å². The number of rotatable bonds is 4. The molecule has 4 heteroatoms. The molecule has 0 fully saturated rings. The third-order valence-corrected chi connectivity index (χ3v) is 2.44. The molecule has 0 aliphatic rings. The van der Waals surface area contributed by atoms with Crippen molar-refractivity contribution < 1.29 is 4.74 Å². The highest BCUT2D eigenvalue weighted by atomic mass is 35.5. The van der Waals surface area contributed by atoms with E-state index in [0.717, 1.165) is 5.69 Å². The smallest absolute Gasteiger partial charge is 0.237 e. The van der Waals surface area contributed by atoms with Crippen LogP contribution in [0.5, 0.6) is 5.88 Å². The van der Waals surface area contributed by atoms with Crippen LogP contribution >= 0.6 is 11.6 Å². The third kappa shape index (κ3) is 2.99. The van der Waals surface area contributed by atoms with Crippen LogP contribution in [0.1, 0.15) is 20.8 Å². The predicted octanol–water partition coefficient (Wildman–Crippen LogP) is 2.98. The van der Waals surface area contributed by atoms with Crippen LogP contribution in [0.25, 0.3) is 0 Å². The van der Waals surface area contributed by atoms with Crippen LogP contribution in [-0.4, -0.2) is 24.7 Å². The van der Waals surface area contributed by atoms with Crippen molar-refractivity contribution in [1.29, 1.82) is 0 Å². The average molecular weight is 229 g/mol. The van der Waals surface area contributed by atoms with E-state index in [2.05, 4.69) is 23.7 Å². The van der Waals surface area contributed by atoms with Crippen molar-refractivity contribution in [3.8, 4) is 5.88 Å². The Kier molecular flexibility index (Phi) is 4.21. The molecule has 1 aromatic rings. The van der Waals surface area contributed by atoms with Crippen LogP contribution < -0.4 is 9.64 Å². The molecule has 0 N–H and O–H groups in total. The van der Waals surface area contributed by atoms with Gasteiger partial charge < -0.3 is 9.64 Å². The van der Waals surface area contributed by atoms with E-state index < -0.39 is 0 Å². The molecule has 1 heterocycles. The molecule has 0 atom stereocenters. The van der Waals surface area contributed by atoms with Crippen LogP contribution in [0.2, 0.25) is 5.02 Å². The van der Waals surface area contributed by atoms with E-state index in [0.29, 0.717) is 23.6 Å². The van der Waals surface area contributed by atoms with Gasteiger partial charge in [0.2, 0.25) is 5.88 Å². The van der Waals surface area contributed by atoms with Crippen LogP contribution in [0.3, 0.4) is 0 Å². The lowest BCUT2D eigenvalue weighted by Gasteiger charge is -2.25. The van der Waals surface area contributed by atoms with Crippen molar-refractivity contribution in [3.05, 3.63) is 17.3 Å². The third-order valence-electron chi connectivity index (χ3n) is 2.23. The number of ether oxygens (including phenoxy) is 1. The summed E-state index contributed by atoms with van der Waals surface area (Å²) >= 11 is 5.92. The minimum Gasteiger partial charge on any atom is -0.476 e. The number of hydrogen-bond donors (Lipinski definition) is 0. The van der Waals surface area contributed by atoms with Gasteiger partial charge >= 0.3 is 0 Å². The standard InChI is InChI=1S/C11H17ClN2O/c1-5-15-11-10(14(4)8(2)3)6-9(12)7-13-11/h6-8H,5H2,1-4H3. The number of halogens is 1. The molecular formula is C11H17ClN2O. The van der Waals surface area contributed by atoms with Gasteiger partial charge in [0.15, 0.2) is 0 Å². The molecule has 0 saturated carbocycles. The van der Waals surface area contributed by atoms with Crippen molar-refractivity contribution in [2.75, 3.05) is 18.6 Å². The van der Waals surface area contributed by atoms with E-state index >= 15 is 0 Å². The summed E-state index contributed by atoms with van der Waals surface area (Å²) in [5, 5.41) is 0.626. The second-order valence-corrected chi connectivity index (χ2v) is 4.05. The molecule has 0 aliphatic heterocycles. The van der Waals surface area contributed by atoms with Crippen molar-refractivity contribution in [2.45, 2.75) is 26.8 Å². The van der Waals surface area contributed by atoms with Gasteiger partial charge in [-0.25, -0.2) is 4.98 Å². The topological polar surface area (TPSA) is 25.4 Å². The maximum absolute atomic E-state index is 5.92. The highest BCUT2D eigenvalue weighted by Crippen LogP contribution is 2.29. The monoisotopic (exact) mass is 228 g/mol. The normalized spacial score (nSPS) is 10.5. The van der Waals surface area contributed by atoms with Gasteiger partial charge in [0.1, 0.15) is 5.69 Å². The Morgan fingerprint density at radius 3 is 2.73 bits per heavy atom. The second kappa shape index (κ2) is 5.21. The van der Waals surface area contributed by atoms with Gasteiger partial charge in [0.05, 0.1) is 11.6 Å². The Bertz CT molecular complexity index is 328. The lowest BCUT2D eigenvalue weighted by atomic mass is 10.3. The number of aromatic nitrogens is 1. The zero-order valence-electron chi connectivity index (χ0n) is 9.62. The van der Waals surface area contributed by atoms with Crippen molar-refractivity contribution in [3.63, 3.8) is 0 Å². The van der Waals surface area contributed by atoms with Gasteiger partial charge in [-0.2, -0.15) is 0 Å². The quantitative estimate of drug-likeness (QED) is 0.792. The zero-order chi connectivity index (χ0) is 11.4. The fourth-order valence-corrected chi connectivity index (χ4v) is 1.35. The lowest BCUT2D eigenvalue weighted by molar-refractivity contribution is 0.327. The number of nitrogens with zero attached hydrogens (tertiary/aromatic N) is 2. The molecule has 0 amide bonds. The molecule has 3 nitrogen and oxygen atoms in total. The van der Waals surface area contributed by atoms with Crippen LogP contribution in [-0.2, 0) is 0 Å². The van der Waals surface area contributed by atoms with Gasteiger partial charge in [0, 0.05) is 19.3 Å². The SMILES string of the molecule is CCOc1ncc(Cl)cc1N(C)C(C)C. The highest BCUT2D eigenvalue weighted by Gasteiger charge is 2.13. The molecule has 0 saturated heterocycles. The second-order valence-electron chi connectivity index (χ2n) is 3.62. The van der Waals surface area contributed by atoms with E-state index in [1.807, 2.05) is 20.0 Å². The first-order chi connectivity index (χ1) is 7.06. The van der Waals surface area contributed by atoms with Gasteiger partial charge in [-0.1, -0.05) is 11.6 Å². The summed E-state index contributed by atoms with van der Waals surface area (Å²) in [6.07, 6.45) is 1.60. The summed E-state index contributed by atoms with van der Waals surface area (Å²) in [7, 11) is 2.00. The van der Waals surface area contributed by atoms with E-state index in [1.54, 1.807) is 6.20 Å². The number of pyridine rings is 1. The zero-order valence-corrected chi connectivity index (χ0v) is 10.4. The summed E-state index contributed by atoms with van der Waals surface area (Å²) in [5.41, 5.74) is 0.930. The molecule has 0 radical (unpaired) electrons. The molecule has 1 rings (SSSR count). The molecule has 0 aromatic carbocycles. The predicted molar refractivity (Wildman–Crippen MR) is 64.0 cm³/mol. The minimum absolute atomic E-state index is 0.379. The minimum atomic E-state index is 0.379. The molecule has 0 spiro atoms. The van der Waals surface area contributed by atoms with Gasteiger partial charge in [-0.3, -0.25) is 0 Å². The molecule has 1 aromatic heterocycles. The molecule has 84 valence electrons. The Hall–Kier alpha value is -0.960. The summed E-state index contributed by atoms with van der Waals surface area (Å²) in [6.45, 7) is 6.76. The van der Waals surface area contributed by atoms with E-state index in [1.165, 1.54) is 0 Å². The first-order valence-electron chi connectivity index (χ1n) is 5.07. The maximum Gasteiger partial charge on any atom is 0.237 e. The maximum atomic E-state index is 5.92. The fraction of sp³-hybridized carbons (Fsp3) is 0.545. The molecule has 0 bridgehead atoms. The van der Waals surface area contributed by atoms with Gasteiger partial charge in [0.25, 0.3) is 0 Å². The van der Waals surface area contributed by atoms with E-state index in [-0.39, 0.29) is 0 Å². The summed E-state index contributed by atoms with van der Waals surface area (Å²) in [6, 6.07) is 2.25. The fourth-order valence-electron chi connectivity index (χ4n) is 1.19. The molecule has 15 heavy (non-hydrogen) atoms. The Balaban J connectivity index is 3.06. The molecule has 0 aliphatic carbocycles. The van der Waals surface area contributed by atoms with Crippen molar-refractivity contribution in [2.24, 2.45) is 0 Å². The number of anilines is 1. The molecular weight excluding hydrogens is 212 g/mol. The van der Waals surface area contributed by atoms with Gasteiger partial charge in [-0.15, -0.1) is 0 Å². The van der Waals surface area contributed by atoms with E-state index in [9.17, 15) is 0 Å². The van der Waals surface area contributed by atoms with Crippen molar-refractivity contribution in [1.82, 2.24) is 4.98 Å².